The molecule has 0 aliphatic carbocycles. The lowest BCUT2D eigenvalue weighted by Gasteiger charge is -2.39. The van der Waals surface area contributed by atoms with Gasteiger partial charge in [0, 0.05) is 12.1 Å². The highest BCUT2D eigenvalue weighted by molar-refractivity contribution is 6.05. The number of carbonyl (C=O) groups is 1. The SMILES string of the molecule is O=C1c2c(O)cc(O)cc2OC(c2ccc(OC3OC(CO)C(O)C(O)C3O)c(O)c2)C1O. The van der Waals surface area contributed by atoms with Crippen LogP contribution in [0.5, 0.6) is 28.7 Å². The summed E-state index contributed by atoms with van der Waals surface area (Å²) in [5.41, 5.74) is -0.147. The van der Waals surface area contributed by atoms with E-state index in [1.807, 2.05) is 0 Å². The average molecular weight is 466 g/mol. The van der Waals surface area contributed by atoms with Gasteiger partial charge < -0.3 is 55.1 Å². The van der Waals surface area contributed by atoms with Gasteiger partial charge in [-0.1, -0.05) is 6.07 Å². The number of phenolic OH excluding ortho intramolecular Hbond substituents is 3. The molecule has 1 fully saturated rings. The Bertz CT molecular complexity index is 1050. The van der Waals surface area contributed by atoms with Crippen molar-refractivity contribution in [3.63, 3.8) is 0 Å². The van der Waals surface area contributed by atoms with E-state index in [4.69, 9.17) is 14.2 Å². The number of benzene rings is 2. The van der Waals surface area contributed by atoms with Gasteiger partial charge in [0.05, 0.1) is 6.61 Å². The number of aliphatic hydroxyl groups excluding tert-OH is 5. The third-order valence-electron chi connectivity index (χ3n) is 5.52. The number of Topliss-reactive ketones (excluding diaryl/α,β-unsaturated/α-hetero) is 1. The Kier molecular flexibility index (Phi) is 6.05. The van der Waals surface area contributed by atoms with Crippen molar-refractivity contribution < 1.29 is 59.9 Å². The molecule has 1 saturated heterocycles. The van der Waals surface area contributed by atoms with Crippen molar-refractivity contribution in [1.82, 2.24) is 0 Å². The van der Waals surface area contributed by atoms with Crippen LogP contribution in [0.15, 0.2) is 30.3 Å². The number of hydrogen-bond acceptors (Lipinski definition) is 12. The van der Waals surface area contributed by atoms with Gasteiger partial charge in [-0.3, -0.25) is 4.79 Å². The van der Waals surface area contributed by atoms with E-state index in [1.165, 1.54) is 12.1 Å². The summed E-state index contributed by atoms with van der Waals surface area (Å²) in [5.74, 6) is -2.64. The molecule has 7 atom stereocenters. The Labute approximate surface area is 186 Å². The molecule has 2 aromatic rings. The monoisotopic (exact) mass is 466 g/mol. The molecule has 12 heteroatoms. The molecule has 2 heterocycles. The highest BCUT2D eigenvalue weighted by Crippen LogP contribution is 2.43. The number of rotatable bonds is 4. The van der Waals surface area contributed by atoms with E-state index in [0.717, 1.165) is 18.2 Å². The zero-order valence-corrected chi connectivity index (χ0v) is 16.8. The van der Waals surface area contributed by atoms with Crippen LogP contribution in [-0.4, -0.2) is 90.1 Å². The average Bonchev–Trinajstić information content (AvgIpc) is 2.77. The molecular formula is C21H22O12. The van der Waals surface area contributed by atoms with Crippen LogP contribution in [0.25, 0.3) is 0 Å². The Morgan fingerprint density at radius 2 is 1.64 bits per heavy atom. The second-order valence-corrected chi connectivity index (χ2v) is 7.73. The first-order valence-corrected chi connectivity index (χ1v) is 9.87. The lowest BCUT2D eigenvalue weighted by atomic mass is 9.92. The second kappa shape index (κ2) is 8.67. The minimum atomic E-state index is -1.73. The molecule has 33 heavy (non-hydrogen) atoms. The van der Waals surface area contributed by atoms with Gasteiger partial charge in [-0.25, -0.2) is 0 Å². The zero-order valence-electron chi connectivity index (χ0n) is 16.8. The van der Waals surface area contributed by atoms with Crippen molar-refractivity contribution in [2.45, 2.75) is 42.9 Å². The smallest absolute Gasteiger partial charge is 0.229 e. The Balaban J connectivity index is 1.57. The fraction of sp³-hybridized carbons (Fsp3) is 0.381. The molecule has 2 aliphatic rings. The molecule has 8 N–H and O–H groups in total. The summed E-state index contributed by atoms with van der Waals surface area (Å²) in [6.45, 7) is -0.659. The van der Waals surface area contributed by atoms with Gasteiger partial charge in [0.2, 0.25) is 12.1 Å². The van der Waals surface area contributed by atoms with E-state index < -0.39 is 66.8 Å². The third-order valence-corrected chi connectivity index (χ3v) is 5.52. The molecule has 0 bridgehead atoms. The summed E-state index contributed by atoms with van der Waals surface area (Å²) in [6, 6.07) is 5.72. The number of hydrogen-bond donors (Lipinski definition) is 8. The van der Waals surface area contributed by atoms with Crippen LogP contribution in [-0.2, 0) is 4.74 Å². The van der Waals surface area contributed by atoms with Crippen molar-refractivity contribution >= 4 is 5.78 Å². The maximum Gasteiger partial charge on any atom is 0.229 e. The first-order chi connectivity index (χ1) is 15.6. The largest absolute Gasteiger partial charge is 0.508 e. The van der Waals surface area contributed by atoms with E-state index in [-0.39, 0.29) is 28.4 Å². The molecule has 12 nitrogen and oxygen atoms in total. The first kappa shape index (κ1) is 23.0. The number of aromatic hydroxyl groups is 3. The predicted molar refractivity (Wildman–Crippen MR) is 106 cm³/mol. The molecular weight excluding hydrogens is 444 g/mol. The molecule has 7 unspecified atom stereocenters. The van der Waals surface area contributed by atoms with E-state index in [1.54, 1.807) is 0 Å². The molecule has 2 aliphatic heterocycles. The van der Waals surface area contributed by atoms with Gasteiger partial charge in [-0.05, 0) is 17.7 Å². The molecule has 2 aromatic carbocycles. The quantitative estimate of drug-likeness (QED) is 0.263. The number of carbonyl (C=O) groups excluding carboxylic acids is 1. The van der Waals surface area contributed by atoms with Gasteiger partial charge in [-0.15, -0.1) is 0 Å². The molecule has 0 spiro atoms. The lowest BCUT2D eigenvalue weighted by molar-refractivity contribution is -0.277. The fourth-order valence-electron chi connectivity index (χ4n) is 3.77. The minimum Gasteiger partial charge on any atom is -0.508 e. The van der Waals surface area contributed by atoms with Crippen LogP contribution in [0, 0.1) is 0 Å². The summed E-state index contributed by atoms with van der Waals surface area (Å²) in [4.78, 5) is 12.5. The van der Waals surface area contributed by atoms with E-state index in [9.17, 15) is 45.6 Å². The number of ketones is 1. The predicted octanol–water partition coefficient (Wildman–Crippen LogP) is -1.34. The molecule has 0 amide bonds. The lowest BCUT2D eigenvalue weighted by Crippen LogP contribution is -2.60. The molecule has 178 valence electrons. The van der Waals surface area contributed by atoms with Crippen molar-refractivity contribution in [3.8, 4) is 28.7 Å². The Hall–Kier alpha value is -3.13. The van der Waals surface area contributed by atoms with E-state index in [0.29, 0.717) is 0 Å². The first-order valence-electron chi connectivity index (χ1n) is 9.87. The van der Waals surface area contributed by atoms with Crippen LogP contribution < -0.4 is 9.47 Å². The summed E-state index contributed by atoms with van der Waals surface area (Å²) < 4.78 is 16.2. The number of fused-ring (bicyclic) bond motifs is 1. The van der Waals surface area contributed by atoms with E-state index in [2.05, 4.69) is 0 Å². The van der Waals surface area contributed by atoms with Crippen LogP contribution >= 0.6 is 0 Å². The summed E-state index contributed by atoms with van der Waals surface area (Å²) >= 11 is 0. The number of ether oxygens (including phenoxy) is 3. The number of phenols is 3. The maximum atomic E-state index is 12.5. The molecule has 0 saturated carbocycles. The van der Waals surface area contributed by atoms with Gasteiger partial charge in [0.25, 0.3) is 0 Å². The number of aliphatic hydroxyl groups is 5. The Morgan fingerprint density at radius 1 is 0.909 bits per heavy atom. The minimum absolute atomic E-state index is 0.142. The summed E-state index contributed by atoms with van der Waals surface area (Å²) in [7, 11) is 0. The highest BCUT2D eigenvalue weighted by Gasteiger charge is 2.45. The van der Waals surface area contributed by atoms with Gasteiger partial charge >= 0.3 is 0 Å². The van der Waals surface area contributed by atoms with Crippen LogP contribution in [0.2, 0.25) is 0 Å². The van der Waals surface area contributed by atoms with Gasteiger partial charge in [0.15, 0.2) is 23.7 Å². The van der Waals surface area contributed by atoms with Gasteiger partial charge in [-0.2, -0.15) is 0 Å². The highest BCUT2D eigenvalue weighted by atomic mass is 16.7. The topological polar surface area (TPSA) is 207 Å². The van der Waals surface area contributed by atoms with Crippen molar-refractivity contribution in [1.29, 1.82) is 0 Å². The van der Waals surface area contributed by atoms with Gasteiger partial charge in [0.1, 0.15) is 47.2 Å². The molecule has 0 radical (unpaired) electrons. The zero-order chi connectivity index (χ0) is 24.0. The summed E-state index contributed by atoms with van der Waals surface area (Å²) in [6.07, 6.45) is -10.7. The normalized spacial score (nSPS) is 31.5. The van der Waals surface area contributed by atoms with Crippen molar-refractivity contribution in [2.75, 3.05) is 6.61 Å². The van der Waals surface area contributed by atoms with Crippen LogP contribution in [0.4, 0.5) is 0 Å². The molecule has 0 aromatic heterocycles. The van der Waals surface area contributed by atoms with Crippen LogP contribution in [0.1, 0.15) is 22.0 Å². The summed E-state index contributed by atoms with van der Waals surface area (Å²) in [5, 5.41) is 79.4. The fourth-order valence-corrected chi connectivity index (χ4v) is 3.77. The molecule has 4 rings (SSSR count). The van der Waals surface area contributed by atoms with Crippen molar-refractivity contribution in [2.24, 2.45) is 0 Å². The van der Waals surface area contributed by atoms with Crippen LogP contribution in [0.3, 0.4) is 0 Å². The third kappa shape index (κ3) is 4.04. The standard InChI is InChI=1S/C21H22O12/c22-6-13-15(26)17(28)19(30)21(33-13)32-11-2-1-7(3-9(11)24)20-18(29)16(27)14-10(25)4-8(23)5-12(14)31-20/h1-5,13,15,17-26,28-30H,6H2. The second-order valence-electron chi connectivity index (χ2n) is 7.73. The van der Waals surface area contributed by atoms with Crippen molar-refractivity contribution in [3.05, 3.63) is 41.5 Å². The van der Waals surface area contributed by atoms with E-state index >= 15 is 0 Å². The maximum absolute atomic E-state index is 12.5. The Morgan fingerprint density at radius 3 is 2.30 bits per heavy atom.